The lowest BCUT2D eigenvalue weighted by Gasteiger charge is -2.19. The average Bonchev–Trinajstić information content (AvgIpc) is 2.64. The van der Waals surface area contributed by atoms with Gasteiger partial charge in [0.05, 0.1) is 6.04 Å². The van der Waals surface area contributed by atoms with Gasteiger partial charge in [0.25, 0.3) is 0 Å². The van der Waals surface area contributed by atoms with Crippen molar-refractivity contribution >= 4 is 34.2 Å². The molecule has 4 heteroatoms. The molecule has 0 bridgehead atoms. The van der Waals surface area contributed by atoms with Crippen molar-refractivity contribution in [1.29, 1.82) is 0 Å². The molecular formula is C14H19IN2O. The Morgan fingerprint density at radius 1 is 1.44 bits per heavy atom. The highest BCUT2D eigenvalue weighted by molar-refractivity contribution is 14.1. The Hall–Kier alpha value is -0.620. The molecule has 0 aromatic heterocycles. The molecule has 0 spiro atoms. The molecule has 1 aliphatic rings. The quantitative estimate of drug-likeness (QED) is 0.843. The van der Waals surface area contributed by atoms with E-state index in [1.807, 2.05) is 11.0 Å². The number of hydrogen-bond donors (Lipinski definition) is 1. The number of nitrogens with one attached hydrogen (secondary N) is 1. The molecule has 1 aromatic carbocycles. The number of rotatable bonds is 3. The van der Waals surface area contributed by atoms with Crippen LogP contribution in [-0.4, -0.2) is 24.5 Å². The van der Waals surface area contributed by atoms with Gasteiger partial charge in [-0.3, -0.25) is 4.79 Å². The molecule has 1 amide bonds. The second-order valence-electron chi connectivity index (χ2n) is 5.09. The summed E-state index contributed by atoms with van der Waals surface area (Å²) in [6.07, 6.45) is 0.890. The third kappa shape index (κ3) is 2.85. The summed E-state index contributed by atoms with van der Waals surface area (Å²) in [4.78, 5) is 14.2. The Morgan fingerprint density at radius 3 is 2.78 bits per heavy atom. The van der Waals surface area contributed by atoms with E-state index in [0.29, 0.717) is 6.04 Å². The Balaban J connectivity index is 2.15. The van der Waals surface area contributed by atoms with Crippen LogP contribution < -0.4 is 10.2 Å². The van der Waals surface area contributed by atoms with Crippen LogP contribution in [0.4, 0.5) is 5.69 Å². The third-order valence-electron chi connectivity index (χ3n) is 3.21. The van der Waals surface area contributed by atoms with Gasteiger partial charge in [-0.25, -0.2) is 0 Å². The van der Waals surface area contributed by atoms with E-state index in [0.717, 1.165) is 18.7 Å². The molecule has 1 unspecified atom stereocenters. The number of amides is 1. The van der Waals surface area contributed by atoms with E-state index in [9.17, 15) is 4.79 Å². The first-order valence-corrected chi connectivity index (χ1v) is 7.40. The molecular weight excluding hydrogens is 339 g/mol. The van der Waals surface area contributed by atoms with Gasteiger partial charge >= 0.3 is 0 Å². The fourth-order valence-electron chi connectivity index (χ4n) is 2.24. The van der Waals surface area contributed by atoms with Gasteiger partial charge in [0, 0.05) is 21.8 Å². The maximum Gasteiger partial charge on any atom is 0.244 e. The molecule has 3 nitrogen and oxygen atoms in total. The molecule has 1 heterocycles. The molecule has 18 heavy (non-hydrogen) atoms. The molecule has 2 rings (SSSR count). The minimum Gasteiger partial charge on any atom is -0.311 e. The molecule has 1 fully saturated rings. The second kappa shape index (κ2) is 5.57. The highest BCUT2D eigenvalue weighted by Gasteiger charge is 2.32. The van der Waals surface area contributed by atoms with Crippen LogP contribution in [-0.2, 0) is 4.79 Å². The summed E-state index contributed by atoms with van der Waals surface area (Å²) in [7, 11) is 0. The van der Waals surface area contributed by atoms with Crippen LogP contribution in [0.5, 0.6) is 0 Å². The van der Waals surface area contributed by atoms with E-state index in [4.69, 9.17) is 0 Å². The molecule has 1 aliphatic heterocycles. The predicted octanol–water partition coefficient (Wildman–Crippen LogP) is 2.70. The van der Waals surface area contributed by atoms with Gasteiger partial charge in [-0.1, -0.05) is 19.9 Å². The van der Waals surface area contributed by atoms with Gasteiger partial charge in [-0.15, -0.1) is 0 Å². The number of carbonyl (C=O) groups is 1. The van der Waals surface area contributed by atoms with Gasteiger partial charge in [0.2, 0.25) is 5.91 Å². The van der Waals surface area contributed by atoms with Gasteiger partial charge in [-0.05, 0) is 53.6 Å². The SMILES string of the molecule is Cc1ccc(N2CCC(NC(C)C)C2=O)cc1I. The molecule has 98 valence electrons. The van der Waals surface area contributed by atoms with Crippen LogP contribution in [0, 0.1) is 10.5 Å². The van der Waals surface area contributed by atoms with Gasteiger partial charge < -0.3 is 10.2 Å². The summed E-state index contributed by atoms with van der Waals surface area (Å²) in [6.45, 7) is 7.04. The Bertz CT molecular complexity index is 459. The lowest BCUT2D eigenvalue weighted by Crippen LogP contribution is -2.41. The average molecular weight is 358 g/mol. The standard InChI is InChI=1S/C14H19IN2O/c1-9(2)16-13-6-7-17(14(13)18)11-5-4-10(3)12(15)8-11/h4-5,8-9,13,16H,6-7H2,1-3H3. The number of hydrogen-bond acceptors (Lipinski definition) is 2. The molecule has 1 aromatic rings. The summed E-state index contributed by atoms with van der Waals surface area (Å²) in [5.41, 5.74) is 2.27. The monoisotopic (exact) mass is 358 g/mol. The Kier molecular flexibility index (Phi) is 4.27. The fourth-order valence-corrected chi connectivity index (χ4v) is 2.74. The van der Waals surface area contributed by atoms with Crippen molar-refractivity contribution in [2.45, 2.75) is 39.3 Å². The maximum absolute atomic E-state index is 12.3. The number of carbonyl (C=O) groups excluding carboxylic acids is 1. The zero-order valence-corrected chi connectivity index (χ0v) is 13.2. The maximum atomic E-state index is 12.3. The van der Waals surface area contributed by atoms with Gasteiger partial charge in [-0.2, -0.15) is 0 Å². The van der Waals surface area contributed by atoms with Crippen molar-refractivity contribution in [3.05, 3.63) is 27.3 Å². The van der Waals surface area contributed by atoms with Crippen molar-refractivity contribution in [3.63, 3.8) is 0 Å². The smallest absolute Gasteiger partial charge is 0.244 e. The van der Waals surface area contributed by atoms with E-state index in [1.165, 1.54) is 9.13 Å². The van der Waals surface area contributed by atoms with Crippen LogP contribution in [0.2, 0.25) is 0 Å². The van der Waals surface area contributed by atoms with Gasteiger partial charge in [0.1, 0.15) is 0 Å². The first-order chi connectivity index (χ1) is 8.49. The zero-order chi connectivity index (χ0) is 13.3. The molecule has 1 saturated heterocycles. The Labute approximate surface area is 122 Å². The van der Waals surface area contributed by atoms with E-state index in [-0.39, 0.29) is 11.9 Å². The van der Waals surface area contributed by atoms with Crippen molar-refractivity contribution in [1.82, 2.24) is 5.32 Å². The first-order valence-electron chi connectivity index (χ1n) is 6.32. The van der Waals surface area contributed by atoms with E-state index in [2.05, 4.69) is 60.8 Å². The van der Waals surface area contributed by atoms with E-state index >= 15 is 0 Å². The number of halogens is 1. The zero-order valence-electron chi connectivity index (χ0n) is 11.0. The summed E-state index contributed by atoms with van der Waals surface area (Å²) < 4.78 is 1.21. The molecule has 1 atom stereocenters. The number of anilines is 1. The largest absolute Gasteiger partial charge is 0.311 e. The Morgan fingerprint density at radius 2 is 2.17 bits per heavy atom. The number of aryl methyl sites for hydroxylation is 1. The van der Waals surface area contributed by atoms with Crippen molar-refractivity contribution < 1.29 is 4.79 Å². The van der Waals surface area contributed by atoms with E-state index < -0.39 is 0 Å². The fraction of sp³-hybridized carbons (Fsp3) is 0.500. The van der Waals surface area contributed by atoms with Crippen molar-refractivity contribution in [3.8, 4) is 0 Å². The summed E-state index contributed by atoms with van der Waals surface area (Å²) in [6, 6.07) is 6.52. The molecule has 0 aliphatic carbocycles. The van der Waals surface area contributed by atoms with E-state index in [1.54, 1.807) is 0 Å². The number of nitrogens with zero attached hydrogens (tertiary/aromatic N) is 1. The number of benzene rings is 1. The first kappa shape index (κ1) is 13.8. The topological polar surface area (TPSA) is 32.3 Å². The highest BCUT2D eigenvalue weighted by atomic mass is 127. The lowest BCUT2D eigenvalue weighted by molar-refractivity contribution is -0.118. The van der Waals surface area contributed by atoms with Crippen molar-refractivity contribution in [2.24, 2.45) is 0 Å². The second-order valence-corrected chi connectivity index (χ2v) is 6.25. The summed E-state index contributed by atoms with van der Waals surface area (Å²) in [5.74, 6) is 0.198. The molecule has 1 N–H and O–H groups in total. The minimum atomic E-state index is -0.0241. The normalized spacial score (nSPS) is 19.9. The van der Waals surface area contributed by atoms with Crippen molar-refractivity contribution in [2.75, 3.05) is 11.4 Å². The summed E-state index contributed by atoms with van der Waals surface area (Å²) in [5, 5.41) is 3.32. The van der Waals surface area contributed by atoms with Crippen LogP contribution in [0.1, 0.15) is 25.8 Å². The minimum absolute atomic E-state index is 0.0241. The van der Waals surface area contributed by atoms with Gasteiger partial charge in [0.15, 0.2) is 0 Å². The van der Waals surface area contributed by atoms with Crippen LogP contribution in [0.3, 0.4) is 0 Å². The van der Waals surface area contributed by atoms with Crippen LogP contribution >= 0.6 is 22.6 Å². The summed E-state index contributed by atoms with van der Waals surface area (Å²) >= 11 is 2.32. The molecule has 0 saturated carbocycles. The van der Waals surface area contributed by atoms with Crippen LogP contribution in [0.15, 0.2) is 18.2 Å². The lowest BCUT2D eigenvalue weighted by atomic mass is 10.2. The highest BCUT2D eigenvalue weighted by Crippen LogP contribution is 2.25. The molecule has 0 radical (unpaired) electrons. The predicted molar refractivity (Wildman–Crippen MR) is 82.9 cm³/mol. The van der Waals surface area contributed by atoms with Crippen LogP contribution in [0.25, 0.3) is 0 Å². The third-order valence-corrected chi connectivity index (χ3v) is 4.37.